The van der Waals surface area contributed by atoms with Gasteiger partial charge in [-0.2, -0.15) is 0 Å². The molecule has 1 amide bonds. The molecule has 0 radical (unpaired) electrons. The Morgan fingerprint density at radius 2 is 1.85 bits per heavy atom. The number of amides is 1. The Bertz CT molecular complexity index is 403. The van der Waals surface area contributed by atoms with Gasteiger partial charge in [-0.05, 0) is 44.1 Å². The van der Waals surface area contributed by atoms with E-state index in [-0.39, 0.29) is 5.92 Å². The van der Waals surface area contributed by atoms with E-state index in [1.807, 2.05) is 11.0 Å². The molecule has 0 aromatic heterocycles. The Hall–Kier alpha value is -1.02. The van der Waals surface area contributed by atoms with Crippen LogP contribution in [-0.2, 0) is 11.2 Å². The minimum atomic E-state index is 0.178. The van der Waals surface area contributed by atoms with Gasteiger partial charge < -0.3 is 4.90 Å². The average molecular weight is 294 g/mol. The molecule has 0 N–H and O–H groups in total. The van der Waals surface area contributed by atoms with Crippen LogP contribution >= 0.6 is 11.6 Å². The largest absolute Gasteiger partial charge is 0.342 e. The van der Waals surface area contributed by atoms with Gasteiger partial charge in [-0.3, -0.25) is 4.79 Å². The van der Waals surface area contributed by atoms with E-state index in [0.717, 1.165) is 51.6 Å². The third kappa shape index (κ3) is 4.52. The zero-order valence-electron chi connectivity index (χ0n) is 12.1. The topological polar surface area (TPSA) is 20.3 Å². The summed E-state index contributed by atoms with van der Waals surface area (Å²) in [6, 6.07) is 10.5. The number of carbonyl (C=O) groups excluding carboxylic acids is 1. The van der Waals surface area contributed by atoms with Gasteiger partial charge in [0, 0.05) is 24.9 Å². The lowest BCUT2D eigenvalue weighted by molar-refractivity contribution is -0.139. The quantitative estimate of drug-likeness (QED) is 0.666. The standard InChI is InChI=1S/C17H24ClNO/c18-12-5-11-16(17(20)19-13-6-14-19)10-4-9-15-7-2-1-3-8-15/h1-3,7-8,16H,4-6,9-14H2/t16-/m0/s1. The Morgan fingerprint density at radius 1 is 1.15 bits per heavy atom. The number of nitrogens with zero attached hydrogens (tertiary/aromatic N) is 1. The molecule has 2 rings (SSSR count). The number of hydrogen-bond donors (Lipinski definition) is 0. The molecular weight excluding hydrogens is 270 g/mol. The fourth-order valence-corrected chi connectivity index (χ4v) is 2.86. The van der Waals surface area contributed by atoms with Gasteiger partial charge in [-0.25, -0.2) is 0 Å². The van der Waals surface area contributed by atoms with Crippen LogP contribution in [0.2, 0.25) is 0 Å². The van der Waals surface area contributed by atoms with Gasteiger partial charge in [-0.15, -0.1) is 11.6 Å². The number of aryl methyl sites for hydroxylation is 1. The SMILES string of the molecule is O=C([C@H](CCCCl)CCCc1ccccc1)N1CCC1. The van der Waals surface area contributed by atoms with Crippen LogP contribution in [0.5, 0.6) is 0 Å². The van der Waals surface area contributed by atoms with E-state index in [1.54, 1.807) is 0 Å². The molecule has 110 valence electrons. The van der Waals surface area contributed by atoms with Gasteiger partial charge in [0.25, 0.3) is 0 Å². The number of hydrogen-bond acceptors (Lipinski definition) is 1. The molecule has 1 aliphatic heterocycles. The van der Waals surface area contributed by atoms with Crippen LogP contribution in [0.1, 0.15) is 37.7 Å². The minimum Gasteiger partial charge on any atom is -0.342 e. The number of rotatable bonds is 8. The summed E-state index contributed by atoms with van der Waals surface area (Å²) < 4.78 is 0. The lowest BCUT2D eigenvalue weighted by Crippen LogP contribution is -2.45. The molecule has 1 aliphatic rings. The summed E-state index contributed by atoms with van der Waals surface area (Å²) in [5.74, 6) is 1.19. The van der Waals surface area contributed by atoms with Crippen molar-refractivity contribution in [3.8, 4) is 0 Å². The smallest absolute Gasteiger partial charge is 0.225 e. The van der Waals surface area contributed by atoms with Crippen LogP contribution in [0.4, 0.5) is 0 Å². The van der Waals surface area contributed by atoms with Crippen molar-refractivity contribution in [2.45, 2.75) is 38.5 Å². The van der Waals surface area contributed by atoms with Gasteiger partial charge in [-0.1, -0.05) is 30.3 Å². The maximum atomic E-state index is 12.4. The molecule has 1 aromatic carbocycles. The highest BCUT2D eigenvalue weighted by molar-refractivity contribution is 6.17. The van der Waals surface area contributed by atoms with Gasteiger partial charge in [0.2, 0.25) is 5.91 Å². The van der Waals surface area contributed by atoms with Crippen LogP contribution in [-0.4, -0.2) is 29.8 Å². The molecule has 1 atom stereocenters. The molecule has 3 heteroatoms. The summed E-state index contributed by atoms with van der Waals surface area (Å²) >= 11 is 5.78. The first kappa shape index (κ1) is 15.4. The number of alkyl halides is 1. The number of likely N-dealkylation sites (tertiary alicyclic amines) is 1. The fraction of sp³-hybridized carbons (Fsp3) is 0.588. The number of carbonyl (C=O) groups is 1. The Labute approximate surface area is 127 Å². The average Bonchev–Trinajstić information content (AvgIpc) is 2.41. The fourth-order valence-electron chi connectivity index (χ4n) is 2.71. The van der Waals surface area contributed by atoms with Crippen molar-refractivity contribution < 1.29 is 4.79 Å². The molecule has 2 nitrogen and oxygen atoms in total. The molecule has 0 bridgehead atoms. The van der Waals surface area contributed by atoms with Crippen LogP contribution in [0.15, 0.2) is 30.3 Å². The molecule has 20 heavy (non-hydrogen) atoms. The van der Waals surface area contributed by atoms with Crippen molar-refractivity contribution in [3.05, 3.63) is 35.9 Å². The van der Waals surface area contributed by atoms with Gasteiger partial charge in [0.1, 0.15) is 0 Å². The van der Waals surface area contributed by atoms with Crippen molar-refractivity contribution >= 4 is 17.5 Å². The lowest BCUT2D eigenvalue weighted by atomic mass is 9.93. The normalized spacial score (nSPS) is 15.8. The van der Waals surface area contributed by atoms with E-state index in [9.17, 15) is 4.79 Å². The molecular formula is C17H24ClNO. The lowest BCUT2D eigenvalue weighted by Gasteiger charge is -2.34. The van der Waals surface area contributed by atoms with Crippen LogP contribution in [0, 0.1) is 5.92 Å². The van der Waals surface area contributed by atoms with Gasteiger partial charge >= 0.3 is 0 Å². The van der Waals surface area contributed by atoms with Gasteiger partial charge in [0.15, 0.2) is 0 Å². The first-order chi connectivity index (χ1) is 9.81. The molecule has 1 aromatic rings. The maximum absolute atomic E-state index is 12.4. The second-order valence-corrected chi connectivity index (χ2v) is 5.96. The second kappa shape index (κ2) is 8.31. The first-order valence-electron chi connectivity index (χ1n) is 7.70. The second-order valence-electron chi connectivity index (χ2n) is 5.58. The zero-order valence-corrected chi connectivity index (χ0v) is 12.8. The molecule has 1 fully saturated rings. The molecule has 1 heterocycles. The maximum Gasteiger partial charge on any atom is 0.225 e. The molecule has 0 aliphatic carbocycles. The van der Waals surface area contributed by atoms with Crippen molar-refractivity contribution in [1.82, 2.24) is 4.90 Å². The van der Waals surface area contributed by atoms with E-state index in [0.29, 0.717) is 11.8 Å². The summed E-state index contributed by atoms with van der Waals surface area (Å²) in [5, 5.41) is 0. The van der Waals surface area contributed by atoms with E-state index >= 15 is 0 Å². The first-order valence-corrected chi connectivity index (χ1v) is 8.23. The predicted octanol–water partition coefficient (Wildman–Crippen LogP) is 3.88. The van der Waals surface area contributed by atoms with Crippen molar-refractivity contribution in [1.29, 1.82) is 0 Å². The minimum absolute atomic E-state index is 0.178. The van der Waals surface area contributed by atoms with Crippen LogP contribution in [0.3, 0.4) is 0 Å². The monoisotopic (exact) mass is 293 g/mol. The predicted molar refractivity (Wildman–Crippen MR) is 84.0 cm³/mol. The Kier molecular flexibility index (Phi) is 6.38. The summed E-state index contributed by atoms with van der Waals surface area (Å²) in [4.78, 5) is 14.4. The highest BCUT2D eigenvalue weighted by Gasteiger charge is 2.27. The molecule has 0 saturated carbocycles. The summed E-state index contributed by atoms with van der Waals surface area (Å²) in [6.45, 7) is 1.91. The van der Waals surface area contributed by atoms with Crippen molar-refractivity contribution in [3.63, 3.8) is 0 Å². The van der Waals surface area contributed by atoms with E-state index in [1.165, 1.54) is 5.56 Å². The van der Waals surface area contributed by atoms with E-state index < -0.39 is 0 Å². The highest BCUT2D eigenvalue weighted by atomic mass is 35.5. The number of halogens is 1. The van der Waals surface area contributed by atoms with Crippen molar-refractivity contribution in [2.75, 3.05) is 19.0 Å². The Morgan fingerprint density at radius 3 is 2.45 bits per heavy atom. The molecule has 1 saturated heterocycles. The Balaban J connectivity index is 1.79. The summed E-state index contributed by atoms with van der Waals surface area (Å²) in [7, 11) is 0. The van der Waals surface area contributed by atoms with E-state index in [4.69, 9.17) is 11.6 Å². The third-order valence-electron chi connectivity index (χ3n) is 4.06. The van der Waals surface area contributed by atoms with Gasteiger partial charge in [0.05, 0.1) is 0 Å². The molecule has 0 spiro atoms. The van der Waals surface area contributed by atoms with Crippen LogP contribution in [0.25, 0.3) is 0 Å². The summed E-state index contributed by atoms with van der Waals surface area (Å²) in [6.07, 6.45) is 6.17. The van der Waals surface area contributed by atoms with E-state index in [2.05, 4.69) is 24.3 Å². The summed E-state index contributed by atoms with van der Waals surface area (Å²) in [5.41, 5.74) is 1.36. The van der Waals surface area contributed by atoms with Crippen molar-refractivity contribution in [2.24, 2.45) is 5.92 Å². The zero-order chi connectivity index (χ0) is 14.2. The van der Waals surface area contributed by atoms with Crippen LogP contribution < -0.4 is 0 Å². The number of benzene rings is 1. The molecule has 0 unspecified atom stereocenters. The third-order valence-corrected chi connectivity index (χ3v) is 4.33. The highest BCUT2D eigenvalue weighted by Crippen LogP contribution is 2.21.